The van der Waals surface area contributed by atoms with E-state index in [1.165, 1.54) is 51.5 Å². The molecule has 1 heterocycles. The molecule has 0 saturated heterocycles. The second-order valence-corrected chi connectivity index (χ2v) is 7.66. The molecular weight excluding hydrogens is 383 g/mol. The zero-order valence-corrected chi connectivity index (χ0v) is 16.3. The summed E-state index contributed by atoms with van der Waals surface area (Å²) in [4.78, 5) is 30.5. The Morgan fingerprint density at radius 2 is 1.96 bits per heavy atom. The minimum atomic E-state index is -0.512. The van der Waals surface area contributed by atoms with Crippen LogP contribution < -0.4 is 9.80 Å². The minimum absolute atomic E-state index is 0.0821. The Balaban J connectivity index is 1.94. The number of hydrogen-bond acceptors (Lipinski definition) is 5. The maximum atomic E-state index is 14.0. The first-order chi connectivity index (χ1) is 13.4. The standard InChI is InChI=1S/C19H19FN4O3S/c1-22(2)11-4-12-23(18(25)13-7-9-14(10-8-13)24(26)27)19-21-17-15(20)5-3-6-16(17)28-19/h3,5-10H,4,11-12H2,1-2H3/p+1. The number of non-ortho nitro benzene ring substituents is 1. The molecule has 9 heteroatoms. The summed E-state index contributed by atoms with van der Waals surface area (Å²) in [6, 6.07) is 10.2. The van der Waals surface area contributed by atoms with Crippen LogP contribution in [0.1, 0.15) is 16.8 Å². The molecule has 0 fully saturated rings. The van der Waals surface area contributed by atoms with Crippen molar-refractivity contribution in [1.82, 2.24) is 4.98 Å². The van der Waals surface area contributed by atoms with Gasteiger partial charge in [-0.05, 0) is 24.3 Å². The quantitative estimate of drug-likeness (QED) is 0.486. The molecule has 0 atom stereocenters. The van der Waals surface area contributed by atoms with Gasteiger partial charge in [-0.1, -0.05) is 17.4 Å². The molecule has 0 aliphatic heterocycles. The number of thiazole rings is 1. The highest BCUT2D eigenvalue weighted by Gasteiger charge is 2.23. The molecule has 0 bridgehead atoms. The first-order valence-corrected chi connectivity index (χ1v) is 9.59. The van der Waals surface area contributed by atoms with E-state index in [2.05, 4.69) is 4.98 Å². The van der Waals surface area contributed by atoms with E-state index in [9.17, 15) is 19.3 Å². The predicted octanol–water partition coefficient (Wildman–Crippen LogP) is 2.53. The highest BCUT2D eigenvalue weighted by Crippen LogP contribution is 2.31. The van der Waals surface area contributed by atoms with Crippen LogP contribution in [0.15, 0.2) is 42.5 Å². The summed E-state index contributed by atoms with van der Waals surface area (Å²) in [6.07, 6.45) is 0.736. The smallest absolute Gasteiger partial charge is 0.269 e. The number of rotatable bonds is 7. The fourth-order valence-electron chi connectivity index (χ4n) is 2.78. The van der Waals surface area contributed by atoms with E-state index in [0.717, 1.165) is 13.0 Å². The summed E-state index contributed by atoms with van der Waals surface area (Å²) in [6.45, 7) is 1.27. The number of fused-ring (bicyclic) bond motifs is 1. The summed E-state index contributed by atoms with van der Waals surface area (Å²) in [5.41, 5.74) is 0.478. The van der Waals surface area contributed by atoms with E-state index in [1.54, 1.807) is 12.1 Å². The van der Waals surface area contributed by atoms with E-state index < -0.39 is 10.7 Å². The van der Waals surface area contributed by atoms with Gasteiger partial charge in [-0.25, -0.2) is 9.37 Å². The molecule has 1 N–H and O–H groups in total. The van der Waals surface area contributed by atoms with Crippen molar-refractivity contribution in [2.45, 2.75) is 6.42 Å². The molecule has 0 spiro atoms. The van der Waals surface area contributed by atoms with Crippen LogP contribution in [0.25, 0.3) is 10.2 Å². The molecule has 3 aromatic rings. The second kappa shape index (κ2) is 8.41. The fourth-order valence-corrected chi connectivity index (χ4v) is 3.78. The number of nitro benzene ring substituents is 1. The third kappa shape index (κ3) is 4.32. The lowest BCUT2D eigenvalue weighted by atomic mass is 10.2. The van der Waals surface area contributed by atoms with Crippen molar-refractivity contribution in [2.75, 3.05) is 32.1 Å². The van der Waals surface area contributed by atoms with Crippen molar-refractivity contribution in [3.63, 3.8) is 0 Å². The Morgan fingerprint density at radius 3 is 2.57 bits per heavy atom. The molecule has 0 saturated carbocycles. The summed E-state index contributed by atoms with van der Waals surface area (Å²) in [5, 5.41) is 11.3. The number of carbonyl (C=O) groups excluding carboxylic acids is 1. The summed E-state index contributed by atoms with van der Waals surface area (Å²) in [7, 11) is 4.05. The third-order valence-corrected chi connectivity index (χ3v) is 5.26. The van der Waals surface area contributed by atoms with Gasteiger partial charge in [0.2, 0.25) is 0 Å². The normalized spacial score (nSPS) is 11.1. The van der Waals surface area contributed by atoms with Crippen molar-refractivity contribution in [1.29, 1.82) is 0 Å². The summed E-state index contributed by atoms with van der Waals surface area (Å²) in [5.74, 6) is -0.747. The number of quaternary nitrogens is 1. The SMILES string of the molecule is C[NH+](C)CCCN(C(=O)c1ccc([N+](=O)[O-])cc1)c1nc2c(F)cccc2s1. The van der Waals surface area contributed by atoms with Crippen LogP contribution in [0.4, 0.5) is 15.2 Å². The number of benzene rings is 2. The Labute approximate surface area is 165 Å². The molecule has 0 unspecified atom stereocenters. The molecule has 0 radical (unpaired) electrons. The van der Waals surface area contributed by atoms with E-state index in [4.69, 9.17) is 0 Å². The van der Waals surface area contributed by atoms with Gasteiger partial charge in [-0.3, -0.25) is 19.8 Å². The van der Waals surface area contributed by atoms with Crippen LogP contribution in [0.3, 0.4) is 0 Å². The number of anilines is 1. The van der Waals surface area contributed by atoms with Gasteiger partial charge in [-0.15, -0.1) is 0 Å². The number of aromatic nitrogens is 1. The van der Waals surface area contributed by atoms with E-state index in [0.29, 0.717) is 21.9 Å². The van der Waals surface area contributed by atoms with E-state index in [1.807, 2.05) is 14.1 Å². The van der Waals surface area contributed by atoms with Gasteiger partial charge in [0.1, 0.15) is 11.3 Å². The van der Waals surface area contributed by atoms with Gasteiger partial charge >= 0.3 is 0 Å². The molecule has 146 valence electrons. The van der Waals surface area contributed by atoms with E-state index >= 15 is 0 Å². The number of halogens is 1. The molecule has 1 amide bonds. The topological polar surface area (TPSA) is 80.8 Å². The van der Waals surface area contributed by atoms with Crippen LogP contribution in [0, 0.1) is 15.9 Å². The Bertz CT molecular complexity index is 1000. The molecular formula is C19H20FN4O3S+. The number of nitro groups is 1. The Kier molecular flexibility index (Phi) is 5.96. The highest BCUT2D eigenvalue weighted by atomic mass is 32.1. The average Bonchev–Trinajstić information content (AvgIpc) is 3.10. The summed E-state index contributed by atoms with van der Waals surface area (Å²) >= 11 is 1.25. The number of nitrogens with one attached hydrogen (secondary N) is 1. The first-order valence-electron chi connectivity index (χ1n) is 8.77. The highest BCUT2D eigenvalue weighted by molar-refractivity contribution is 7.22. The molecule has 1 aromatic heterocycles. The first kappa shape index (κ1) is 19.8. The van der Waals surface area contributed by atoms with Gasteiger partial charge in [0.15, 0.2) is 5.13 Å². The minimum Gasteiger partial charge on any atom is -0.340 e. The largest absolute Gasteiger partial charge is 0.340 e. The Hall–Kier alpha value is -2.91. The van der Waals surface area contributed by atoms with Crippen LogP contribution >= 0.6 is 11.3 Å². The predicted molar refractivity (Wildman–Crippen MR) is 107 cm³/mol. The van der Waals surface area contributed by atoms with Gasteiger partial charge in [0.25, 0.3) is 11.6 Å². The molecule has 3 rings (SSSR count). The maximum Gasteiger partial charge on any atom is 0.269 e. The monoisotopic (exact) mass is 403 g/mol. The van der Waals surface area contributed by atoms with Crippen LogP contribution in [0.2, 0.25) is 0 Å². The Morgan fingerprint density at radius 1 is 1.25 bits per heavy atom. The zero-order valence-electron chi connectivity index (χ0n) is 15.5. The zero-order chi connectivity index (χ0) is 20.3. The number of hydrogen-bond donors (Lipinski definition) is 1. The van der Waals surface area contributed by atoms with E-state index in [-0.39, 0.29) is 17.1 Å². The fraction of sp³-hybridized carbons (Fsp3) is 0.263. The lowest BCUT2D eigenvalue weighted by molar-refractivity contribution is -0.858. The van der Waals surface area contributed by atoms with Crippen LogP contribution in [-0.2, 0) is 0 Å². The van der Waals surface area contributed by atoms with Gasteiger partial charge in [0, 0.05) is 30.7 Å². The molecule has 0 aliphatic rings. The number of para-hydroxylation sites is 1. The molecule has 0 aliphatic carbocycles. The number of nitrogens with zero attached hydrogens (tertiary/aromatic N) is 3. The van der Waals surface area contributed by atoms with Crippen molar-refractivity contribution in [3.8, 4) is 0 Å². The summed E-state index contributed by atoms with van der Waals surface area (Å²) < 4.78 is 14.7. The maximum absolute atomic E-state index is 14.0. The lowest BCUT2D eigenvalue weighted by Gasteiger charge is -2.20. The number of carbonyl (C=O) groups is 1. The molecule has 7 nitrogen and oxygen atoms in total. The van der Waals surface area contributed by atoms with Gasteiger partial charge in [-0.2, -0.15) is 0 Å². The van der Waals surface area contributed by atoms with Crippen LogP contribution in [0.5, 0.6) is 0 Å². The molecule has 2 aromatic carbocycles. The third-order valence-electron chi connectivity index (χ3n) is 4.22. The second-order valence-electron chi connectivity index (χ2n) is 6.65. The molecule has 28 heavy (non-hydrogen) atoms. The van der Waals surface area contributed by atoms with Crippen molar-refractivity contribution in [2.24, 2.45) is 0 Å². The van der Waals surface area contributed by atoms with Gasteiger partial charge in [0.05, 0.1) is 30.3 Å². The van der Waals surface area contributed by atoms with Crippen molar-refractivity contribution >= 4 is 38.3 Å². The number of amides is 1. The average molecular weight is 403 g/mol. The van der Waals surface area contributed by atoms with Gasteiger partial charge < -0.3 is 4.90 Å². The lowest BCUT2D eigenvalue weighted by Crippen LogP contribution is -3.05. The van der Waals surface area contributed by atoms with Crippen LogP contribution in [-0.4, -0.2) is 43.0 Å². The van der Waals surface area contributed by atoms with Crippen molar-refractivity contribution < 1.29 is 19.0 Å². The van der Waals surface area contributed by atoms with Crippen molar-refractivity contribution in [3.05, 3.63) is 64.0 Å².